The van der Waals surface area contributed by atoms with E-state index in [1.807, 2.05) is 0 Å². The third-order valence-corrected chi connectivity index (χ3v) is 4.43. The highest BCUT2D eigenvalue weighted by Crippen LogP contribution is 2.36. The van der Waals surface area contributed by atoms with Gasteiger partial charge in [0, 0.05) is 6.08 Å². The van der Waals surface area contributed by atoms with E-state index in [2.05, 4.69) is 6.58 Å². The Morgan fingerprint density at radius 1 is 1.00 bits per heavy atom. The molecule has 12 nitrogen and oxygen atoms in total. The standard InChI is InChI=1S/C15H24O12/c1-2-8(18)24-5-15(13(23)10(20)7(4-17)26-15)27-14-12(22)11(21)9(19)6(3-16)25-14/h2,6-7,9-14,16-17,19-23H,1,3-5H2/t6-,7-,9-,10-,11+,12-,13+,14-,15+/m1/s1. The number of ether oxygens (including phenoxy) is 4. The average Bonchev–Trinajstić information content (AvgIpc) is 2.91. The van der Waals surface area contributed by atoms with E-state index in [1.165, 1.54) is 0 Å². The molecule has 0 aliphatic carbocycles. The van der Waals surface area contributed by atoms with Crippen LogP contribution in [0, 0.1) is 0 Å². The number of carbonyl (C=O) groups excluding carboxylic acids is 1. The Bertz CT molecular complexity index is 527. The van der Waals surface area contributed by atoms with E-state index in [9.17, 15) is 40.5 Å². The van der Waals surface area contributed by atoms with Gasteiger partial charge in [0.1, 0.15) is 49.3 Å². The van der Waals surface area contributed by atoms with Crippen molar-refractivity contribution in [1.29, 1.82) is 0 Å². The molecule has 0 bridgehead atoms. The Balaban J connectivity index is 2.26. The molecule has 0 spiro atoms. The summed E-state index contributed by atoms with van der Waals surface area (Å²) in [6, 6.07) is 0. The summed E-state index contributed by atoms with van der Waals surface area (Å²) >= 11 is 0. The molecule has 0 aromatic carbocycles. The van der Waals surface area contributed by atoms with Crippen LogP contribution in [-0.4, -0.2) is 116 Å². The first-order valence-corrected chi connectivity index (χ1v) is 8.13. The van der Waals surface area contributed by atoms with E-state index in [0.717, 1.165) is 6.08 Å². The zero-order chi connectivity index (χ0) is 20.4. The second kappa shape index (κ2) is 8.87. The molecule has 0 saturated carbocycles. The first kappa shape index (κ1) is 22.1. The molecule has 0 amide bonds. The van der Waals surface area contributed by atoms with Crippen LogP contribution in [-0.2, 0) is 23.7 Å². The topological polar surface area (TPSA) is 196 Å². The molecular formula is C15H24O12. The molecule has 0 unspecified atom stereocenters. The summed E-state index contributed by atoms with van der Waals surface area (Å²) in [7, 11) is 0. The fourth-order valence-corrected chi connectivity index (χ4v) is 2.85. The predicted octanol–water partition coefficient (Wildman–Crippen LogP) is -4.66. The molecule has 2 aliphatic rings. The van der Waals surface area contributed by atoms with Gasteiger partial charge in [0.05, 0.1) is 13.2 Å². The maximum Gasteiger partial charge on any atom is 0.330 e. The number of aliphatic hydroxyl groups is 7. The van der Waals surface area contributed by atoms with Gasteiger partial charge in [-0.15, -0.1) is 0 Å². The van der Waals surface area contributed by atoms with Gasteiger partial charge in [-0.25, -0.2) is 4.79 Å². The predicted molar refractivity (Wildman–Crippen MR) is 82.7 cm³/mol. The highest BCUT2D eigenvalue weighted by Gasteiger charge is 2.59. The van der Waals surface area contributed by atoms with Crippen molar-refractivity contribution in [2.75, 3.05) is 19.8 Å². The number of hydrogen-bond donors (Lipinski definition) is 7. The van der Waals surface area contributed by atoms with Crippen molar-refractivity contribution in [3.63, 3.8) is 0 Å². The number of esters is 1. The van der Waals surface area contributed by atoms with E-state index in [1.54, 1.807) is 0 Å². The summed E-state index contributed by atoms with van der Waals surface area (Å²) in [4.78, 5) is 11.4. The fraction of sp³-hybridized carbons (Fsp3) is 0.800. The van der Waals surface area contributed by atoms with Crippen LogP contribution in [0.4, 0.5) is 0 Å². The average molecular weight is 396 g/mol. The highest BCUT2D eigenvalue weighted by atomic mass is 16.8. The summed E-state index contributed by atoms with van der Waals surface area (Å²) in [5.41, 5.74) is 0. The Morgan fingerprint density at radius 3 is 2.15 bits per heavy atom. The van der Waals surface area contributed by atoms with Crippen molar-refractivity contribution in [1.82, 2.24) is 0 Å². The lowest BCUT2D eigenvalue weighted by Gasteiger charge is -2.43. The summed E-state index contributed by atoms with van der Waals surface area (Å²) in [5, 5.41) is 68.5. The molecular weight excluding hydrogens is 372 g/mol. The molecule has 2 fully saturated rings. The Hall–Kier alpha value is -1.19. The lowest BCUT2D eigenvalue weighted by atomic mass is 9.99. The molecule has 0 aromatic heterocycles. The largest absolute Gasteiger partial charge is 0.457 e. The van der Waals surface area contributed by atoms with Crippen LogP contribution in [0.1, 0.15) is 0 Å². The molecule has 2 saturated heterocycles. The van der Waals surface area contributed by atoms with Crippen LogP contribution < -0.4 is 0 Å². The zero-order valence-corrected chi connectivity index (χ0v) is 14.2. The van der Waals surface area contributed by atoms with Gasteiger partial charge in [-0.2, -0.15) is 0 Å². The molecule has 2 rings (SSSR count). The highest BCUT2D eigenvalue weighted by molar-refractivity contribution is 5.81. The van der Waals surface area contributed by atoms with Gasteiger partial charge in [0.25, 0.3) is 0 Å². The second-order valence-corrected chi connectivity index (χ2v) is 6.21. The van der Waals surface area contributed by atoms with Crippen LogP contribution >= 0.6 is 0 Å². The van der Waals surface area contributed by atoms with Gasteiger partial charge in [-0.3, -0.25) is 0 Å². The normalized spacial score (nSPS) is 44.9. The molecule has 156 valence electrons. The van der Waals surface area contributed by atoms with Gasteiger partial charge in [-0.05, 0) is 0 Å². The molecule has 9 atom stereocenters. The maximum absolute atomic E-state index is 11.4. The Labute approximate surface area is 153 Å². The number of hydrogen-bond acceptors (Lipinski definition) is 12. The molecule has 27 heavy (non-hydrogen) atoms. The van der Waals surface area contributed by atoms with E-state index in [-0.39, 0.29) is 0 Å². The van der Waals surface area contributed by atoms with Crippen LogP contribution in [0.5, 0.6) is 0 Å². The van der Waals surface area contributed by atoms with Crippen molar-refractivity contribution in [3.05, 3.63) is 12.7 Å². The molecule has 12 heteroatoms. The minimum Gasteiger partial charge on any atom is -0.457 e. The third-order valence-electron chi connectivity index (χ3n) is 4.43. The number of aliphatic hydroxyl groups excluding tert-OH is 7. The van der Waals surface area contributed by atoms with E-state index < -0.39 is 80.6 Å². The molecule has 7 N–H and O–H groups in total. The van der Waals surface area contributed by atoms with Crippen LogP contribution in [0.15, 0.2) is 12.7 Å². The van der Waals surface area contributed by atoms with Gasteiger partial charge < -0.3 is 54.7 Å². The minimum atomic E-state index is -2.28. The van der Waals surface area contributed by atoms with E-state index in [0.29, 0.717) is 0 Å². The van der Waals surface area contributed by atoms with Crippen molar-refractivity contribution in [2.24, 2.45) is 0 Å². The lowest BCUT2D eigenvalue weighted by molar-refractivity contribution is -0.383. The third kappa shape index (κ3) is 4.30. The summed E-state index contributed by atoms with van der Waals surface area (Å²) in [5.74, 6) is -3.19. The first-order valence-electron chi connectivity index (χ1n) is 8.13. The number of carbonyl (C=O) groups is 1. The van der Waals surface area contributed by atoms with Crippen molar-refractivity contribution < 1.29 is 59.5 Å². The van der Waals surface area contributed by atoms with Gasteiger partial charge in [0.15, 0.2) is 6.29 Å². The van der Waals surface area contributed by atoms with Crippen molar-refractivity contribution in [2.45, 2.75) is 54.8 Å². The SMILES string of the molecule is C=CC(=O)OC[C@@]1(O[C@H]2O[C@H](CO)[C@@H](O)[C@H](O)[C@H]2O)O[C@H](CO)[C@@H](O)[C@@H]1O. The summed E-state index contributed by atoms with van der Waals surface area (Å²) < 4.78 is 20.7. The van der Waals surface area contributed by atoms with Gasteiger partial charge in [0.2, 0.25) is 5.79 Å². The molecule has 2 aliphatic heterocycles. The van der Waals surface area contributed by atoms with Crippen LogP contribution in [0.25, 0.3) is 0 Å². The monoisotopic (exact) mass is 396 g/mol. The smallest absolute Gasteiger partial charge is 0.330 e. The van der Waals surface area contributed by atoms with E-state index >= 15 is 0 Å². The fourth-order valence-electron chi connectivity index (χ4n) is 2.85. The molecule has 2 heterocycles. The van der Waals surface area contributed by atoms with Crippen molar-refractivity contribution in [3.8, 4) is 0 Å². The van der Waals surface area contributed by atoms with Gasteiger partial charge >= 0.3 is 5.97 Å². The Morgan fingerprint density at radius 2 is 1.63 bits per heavy atom. The minimum absolute atomic E-state index is 0.715. The lowest BCUT2D eigenvalue weighted by Crippen LogP contribution is -2.62. The van der Waals surface area contributed by atoms with Gasteiger partial charge in [-0.1, -0.05) is 6.58 Å². The van der Waals surface area contributed by atoms with Crippen LogP contribution in [0.3, 0.4) is 0 Å². The first-order chi connectivity index (χ1) is 12.7. The summed E-state index contributed by atoms with van der Waals surface area (Å²) in [6.45, 7) is 0.967. The zero-order valence-electron chi connectivity index (χ0n) is 14.2. The quantitative estimate of drug-likeness (QED) is 0.161. The van der Waals surface area contributed by atoms with E-state index in [4.69, 9.17) is 18.9 Å². The maximum atomic E-state index is 11.4. The molecule has 0 radical (unpaired) electrons. The Kier molecular flexibility index (Phi) is 7.27. The second-order valence-electron chi connectivity index (χ2n) is 6.21. The van der Waals surface area contributed by atoms with Crippen LogP contribution in [0.2, 0.25) is 0 Å². The summed E-state index contributed by atoms with van der Waals surface area (Å²) in [6.07, 6.45) is -12.3. The number of rotatable bonds is 7. The molecule has 0 aromatic rings. The van der Waals surface area contributed by atoms with Crippen molar-refractivity contribution >= 4 is 5.97 Å².